The van der Waals surface area contributed by atoms with Crippen LogP contribution in [-0.4, -0.2) is 36.9 Å². The van der Waals surface area contributed by atoms with Crippen LogP contribution >= 0.6 is 0 Å². The van der Waals surface area contributed by atoms with Crippen molar-refractivity contribution in [1.29, 1.82) is 0 Å². The average molecular weight is 359 g/mol. The zero-order chi connectivity index (χ0) is 19.3. The summed E-state index contributed by atoms with van der Waals surface area (Å²) in [5.74, 6) is -0.998. The van der Waals surface area contributed by atoms with E-state index in [1.54, 1.807) is 55.3 Å². The molecule has 1 atom stereocenters. The summed E-state index contributed by atoms with van der Waals surface area (Å²) in [4.78, 5) is 25.3. The van der Waals surface area contributed by atoms with Gasteiger partial charge in [-0.3, -0.25) is 14.5 Å². The van der Waals surface area contributed by atoms with Crippen LogP contribution in [0.3, 0.4) is 0 Å². The fraction of sp³-hybridized carbons (Fsp3) is 0.263. The Balaban J connectivity index is 1.98. The number of carbonyl (C=O) groups is 2. The van der Waals surface area contributed by atoms with E-state index in [0.29, 0.717) is 17.8 Å². The predicted molar refractivity (Wildman–Crippen MR) is 97.5 cm³/mol. The molecule has 6 nitrogen and oxygen atoms in total. The lowest BCUT2D eigenvalue weighted by Gasteiger charge is -2.24. The Kier molecular flexibility index (Phi) is 6.30. The molecule has 26 heavy (non-hydrogen) atoms. The minimum atomic E-state index is -0.525. The molecule has 0 bridgehead atoms. The Bertz CT molecular complexity index is 793. The van der Waals surface area contributed by atoms with Gasteiger partial charge in [0.1, 0.15) is 0 Å². The number of benzene rings is 2. The number of nitrogens with two attached hydrogens (primary N) is 1. The highest BCUT2D eigenvalue weighted by atomic mass is 19.1. The molecule has 0 saturated heterocycles. The fourth-order valence-electron chi connectivity index (χ4n) is 2.40. The van der Waals surface area contributed by atoms with Crippen LogP contribution in [0.5, 0.6) is 5.75 Å². The highest BCUT2D eigenvalue weighted by Gasteiger charge is 2.19. The first kappa shape index (κ1) is 19.4. The minimum absolute atomic E-state index is 0.182. The normalized spacial score (nSPS) is 11.9. The molecule has 0 spiro atoms. The molecule has 2 rings (SSSR count). The third-order valence-electron chi connectivity index (χ3n) is 4.13. The molecule has 0 fully saturated rings. The van der Waals surface area contributed by atoms with Crippen molar-refractivity contribution in [3.63, 3.8) is 0 Å². The summed E-state index contributed by atoms with van der Waals surface area (Å²) in [5.41, 5.74) is 6.86. The van der Waals surface area contributed by atoms with E-state index in [9.17, 15) is 14.0 Å². The summed E-state index contributed by atoms with van der Waals surface area (Å²) in [6, 6.07) is 10.6. The number of hydrogen-bond donors (Lipinski definition) is 2. The summed E-state index contributed by atoms with van der Waals surface area (Å²) < 4.78 is 18.7. The summed E-state index contributed by atoms with van der Waals surface area (Å²) >= 11 is 0. The molecule has 2 aromatic rings. The summed E-state index contributed by atoms with van der Waals surface area (Å²) in [7, 11) is 3.19. The standard InChI is InChI=1S/C19H22FN3O3/c1-12(19(25)22-15-7-5-14(6-8-15)18(21)24)23(2)11-13-4-9-17(26-3)16(20)10-13/h4-10,12H,11H2,1-3H3,(H2,21,24)(H,22,25)/t12-/m0/s1. The zero-order valence-electron chi connectivity index (χ0n) is 15.0. The molecule has 0 unspecified atom stereocenters. The second-order valence-corrected chi connectivity index (χ2v) is 5.99. The highest BCUT2D eigenvalue weighted by molar-refractivity contribution is 5.96. The van der Waals surface area contributed by atoms with Gasteiger partial charge in [0.25, 0.3) is 0 Å². The number of ether oxygens (including phenoxy) is 1. The molecule has 0 aromatic heterocycles. The van der Waals surface area contributed by atoms with E-state index in [0.717, 1.165) is 5.56 Å². The van der Waals surface area contributed by atoms with Crippen molar-refractivity contribution in [3.8, 4) is 5.75 Å². The van der Waals surface area contributed by atoms with Crippen molar-refractivity contribution in [3.05, 3.63) is 59.4 Å². The highest BCUT2D eigenvalue weighted by Crippen LogP contribution is 2.19. The molecular weight excluding hydrogens is 337 g/mol. The first-order valence-corrected chi connectivity index (χ1v) is 8.05. The quantitative estimate of drug-likeness (QED) is 0.795. The number of rotatable bonds is 7. The number of methoxy groups -OCH3 is 1. The molecule has 0 aliphatic heterocycles. The molecule has 0 saturated carbocycles. The van der Waals surface area contributed by atoms with Crippen LogP contribution in [0, 0.1) is 5.82 Å². The number of hydrogen-bond acceptors (Lipinski definition) is 4. The molecule has 0 aliphatic carbocycles. The van der Waals surface area contributed by atoms with E-state index >= 15 is 0 Å². The van der Waals surface area contributed by atoms with Crippen LogP contribution in [0.1, 0.15) is 22.8 Å². The topological polar surface area (TPSA) is 84.7 Å². The molecular formula is C19H22FN3O3. The Morgan fingerprint density at radius 1 is 1.23 bits per heavy atom. The smallest absolute Gasteiger partial charge is 0.248 e. The Hall–Kier alpha value is -2.93. The molecule has 0 heterocycles. The Morgan fingerprint density at radius 2 is 1.88 bits per heavy atom. The van der Waals surface area contributed by atoms with Gasteiger partial charge < -0.3 is 15.8 Å². The van der Waals surface area contributed by atoms with E-state index < -0.39 is 17.8 Å². The van der Waals surface area contributed by atoms with Crippen molar-refractivity contribution < 1.29 is 18.7 Å². The third-order valence-corrected chi connectivity index (χ3v) is 4.13. The van der Waals surface area contributed by atoms with Gasteiger partial charge in [0.15, 0.2) is 11.6 Å². The van der Waals surface area contributed by atoms with Crippen molar-refractivity contribution in [2.24, 2.45) is 5.73 Å². The summed E-state index contributed by atoms with van der Waals surface area (Å²) in [6.07, 6.45) is 0. The first-order chi connectivity index (χ1) is 12.3. The van der Waals surface area contributed by atoms with Gasteiger partial charge in [-0.25, -0.2) is 4.39 Å². The van der Waals surface area contributed by atoms with Gasteiger partial charge in [0.05, 0.1) is 13.2 Å². The second kappa shape index (κ2) is 8.44. The molecule has 138 valence electrons. The average Bonchev–Trinajstić information content (AvgIpc) is 2.61. The van der Waals surface area contributed by atoms with Crippen LogP contribution in [0.2, 0.25) is 0 Å². The number of amides is 2. The summed E-state index contributed by atoms with van der Waals surface area (Å²) in [5, 5.41) is 2.78. The first-order valence-electron chi connectivity index (χ1n) is 8.05. The number of primary amides is 1. The molecule has 0 radical (unpaired) electrons. The monoisotopic (exact) mass is 359 g/mol. The van der Waals surface area contributed by atoms with Crippen LogP contribution in [-0.2, 0) is 11.3 Å². The van der Waals surface area contributed by atoms with E-state index in [1.165, 1.54) is 13.2 Å². The largest absolute Gasteiger partial charge is 0.494 e. The van der Waals surface area contributed by atoms with E-state index in [4.69, 9.17) is 10.5 Å². The van der Waals surface area contributed by atoms with E-state index in [1.807, 2.05) is 0 Å². The number of nitrogens with zero attached hydrogens (tertiary/aromatic N) is 1. The van der Waals surface area contributed by atoms with Gasteiger partial charge >= 0.3 is 0 Å². The number of nitrogens with one attached hydrogen (secondary N) is 1. The lowest BCUT2D eigenvalue weighted by molar-refractivity contribution is -0.120. The molecule has 0 aliphatic rings. The zero-order valence-corrected chi connectivity index (χ0v) is 15.0. The maximum absolute atomic E-state index is 13.8. The third kappa shape index (κ3) is 4.80. The molecule has 2 amide bonds. The van der Waals surface area contributed by atoms with Crippen LogP contribution in [0.15, 0.2) is 42.5 Å². The van der Waals surface area contributed by atoms with Crippen molar-refractivity contribution in [1.82, 2.24) is 4.90 Å². The molecule has 2 aromatic carbocycles. The maximum Gasteiger partial charge on any atom is 0.248 e. The second-order valence-electron chi connectivity index (χ2n) is 5.99. The minimum Gasteiger partial charge on any atom is -0.494 e. The van der Waals surface area contributed by atoms with Gasteiger partial charge in [0, 0.05) is 17.8 Å². The van der Waals surface area contributed by atoms with Crippen LogP contribution in [0.25, 0.3) is 0 Å². The molecule has 7 heteroatoms. The Morgan fingerprint density at radius 3 is 2.42 bits per heavy atom. The van der Waals surface area contributed by atoms with E-state index in [2.05, 4.69) is 5.32 Å². The SMILES string of the molecule is COc1ccc(CN(C)[C@@H](C)C(=O)Nc2ccc(C(N)=O)cc2)cc1F. The van der Waals surface area contributed by atoms with Gasteiger partial charge in [-0.15, -0.1) is 0 Å². The van der Waals surface area contributed by atoms with Crippen LogP contribution in [0.4, 0.5) is 10.1 Å². The van der Waals surface area contributed by atoms with Gasteiger partial charge in [0.2, 0.25) is 11.8 Å². The van der Waals surface area contributed by atoms with E-state index in [-0.39, 0.29) is 11.7 Å². The summed E-state index contributed by atoms with van der Waals surface area (Å²) in [6.45, 7) is 2.16. The lowest BCUT2D eigenvalue weighted by atomic mass is 10.1. The Labute approximate surface area is 151 Å². The number of anilines is 1. The van der Waals surface area contributed by atoms with Gasteiger partial charge in [-0.05, 0) is 55.9 Å². The van der Waals surface area contributed by atoms with Crippen molar-refractivity contribution in [2.75, 3.05) is 19.5 Å². The number of likely N-dealkylation sites (N-methyl/N-ethyl adjacent to an activating group) is 1. The van der Waals surface area contributed by atoms with Gasteiger partial charge in [-0.2, -0.15) is 0 Å². The maximum atomic E-state index is 13.8. The lowest BCUT2D eigenvalue weighted by Crippen LogP contribution is -2.39. The number of halogens is 1. The molecule has 3 N–H and O–H groups in total. The predicted octanol–water partition coefficient (Wildman–Crippen LogP) is 2.39. The van der Waals surface area contributed by atoms with Crippen LogP contribution < -0.4 is 15.8 Å². The van der Waals surface area contributed by atoms with Crippen molar-refractivity contribution in [2.45, 2.75) is 19.5 Å². The fourth-order valence-corrected chi connectivity index (χ4v) is 2.40. The van der Waals surface area contributed by atoms with Gasteiger partial charge in [-0.1, -0.05) is 6.07 Å². The van der Waals surface area contributed by atoms with Crippen molar-refractivity contribution >= 4 is 17.5 Å². The number of carbonyl (C=O) groups excluding carboxylic acids is 2.